The van der Waals surface area contributed by atoms with Crippen molar-refractivity contribution < 1.29 is 18.3 Å². The molecule has 1 unspecified atom stereocenters. The third kappa shape index (κ3) is 3.45. The van der Waals surface area contributed by atoms with Crippen LogP contribution in [0.2, 0.25) is 0 Å². The summed E-state index contributed by atoms with van der Waals surface area (Å²) in [4.78, 5) is 0.250. The van der Waals surface area contributed by atoms with E-state index < -0.39 is 16.1 Å². The fourth-order valence-corrected chi connectivity index (χ4v) is 4.60. The minimum absolute atomic E-state index is 0.250. The number of aliphatic hydroxyl groups excluding tert-OH is 1. The van der Waals surface area contributed by atoms with Gasteiger partial charge in [-0.1, -0.05) is 30.3 Å². The van der Waals surface area contributed by atoms with Crippen LogP contribution >= 0.6 is 0 Å². The first kappa shape index (κ1) is 18.4. The molecule has 2 aromatic rings. The van der Waals surface area contributed by atoms with E-state index in [2.05, 4.69) is 0 Å². The van der Waals surface area contributed by atoms with Crippen LogP contribution in [0.3, 0.4) is 0 Å². The Labute approximate surface area is 143 Å². The normalized spacial score (nSPS) is 13.1. The molecule has 0 amide bonds. The Balaban J connectivity index is 2.50. The first-order valence-electron chi connectivity index (χ1n) is 7.62. The van der Waals surface area contributed by atoms with Gasteiger partial charge >= 0.3 is 0 Å². The van der Waals surface area contributed by atoms with Crippen LogP contribution in [0, 0.1) is 13.8 Å². The van der Waals surface area contributed by atoms with Gasteiger partial charge in [-0.2, -0.15) is 4.31 Å². The van der Waals surface area contributed by atoms with E-state index in [9.17, 15) is 13.5 Å². The summed E-state index contributed by atoms with van der Waals surface area (Å²) < 4.78 is 32.7. The molecule has 0 aliphatic rings. The average Bonchev–Trinajstić information content (AvgIpc) is 2.55. The predicted molar refractivity (Wildman–Crippen MR) is 93.7 cm³/mol. The molecule has 6 heteroatoms. The van der Waals surface area contributed by atoms with Crippen LogP contribution in [0.1, 0.15) is 22.7 Å². The summed E-state index contributed by atoms with van der Waals surface area (Å²) in [5.74, 6) is 0.619. The third-order valence-electron chi connectivity index (χ3n) is 4.10. The molecule has 0 heterocycles. The molecular weight excluding hydrogens is 326 g/mol. The lowest BCUT2D eigenvalue weighted by atomic mass is 10.1. The highest BCUT2D eigenvalue weighted by atomic mass is 32.2. The fraction of sp³-hybridized carbons (Fsp3) is 0.333. The van der Waals surface area contributed by atoms with Crippen molar-refractivity contribution in [2.24, 2.45) is 0 Å². The molecule has 0 fully saturated rings. The number of ether oxygens (including phenoxy) is 1. The van der Waals surface area contributed by atoms with E-state index >= 15 is 0 Å². The monoisotopic (exact) mass is 349 g/mol. The number of sulfonamides is 1. The highest BCUT2D eigenvalue weighted by molar-refractivity contribution is 7.89. The summed E-state index contributed by atoms with van der Waals surface area (Å²) in [7, 11) is -0.727. The maximum atomic E-state index is 13.1. The SMILES string of the molecule is COc1cc(C)c(S(=O)(=O)N(C)C(CO)c2ccccc2)c(C)c1. The van der Waals surface area contributed by atoms with Crippen molar-refractivity contribution in [2.45, 2.75) is 24.8 Å². The van der Waals surface area contributed by atoms with Crippen LogP contribution in [0.25, 0.3) is 0 Å². The quantitative estimate of drug-likeness (QED) is 0.871. The van der Waals surface area contributed by atoms with E-state index in [0.29, 0.717) is 16.9 Å². The summed E-state index contributed by atoms with van der Waals surface area (Å²) in [5, 5.41) is 9.75. The van der Waals surface area contributed by atoms with Crippen molar-refractivity contribution in [3.63, 3.8) is 0 Å². The maximum absolute atomic E-state index is 13.1. The van der Waals surface area contributed by atoms with Gasteiger partial charge in [0.15, 0.2) is 0 Å². The van der Waals surface area contributed by atoms with Gasteiger partial charge in [0.25, 0.3) is 0 Å². The Kier molecular flexibility index (Phi) is 5.64. The summed E-state index contributed by atoms with van der Waals surface area (Å²) in [6.07, 6.45) is 0. The predicted octanol–water partition coefficient (Wildman–Crippen LogP) is 2.67. The molecule has 1 N–H and O–H groups in total. The molecule has 0 bridgehead atoms. The number of aryl methyl sites for hydroxylation is 2. The average molecular weight is 349 g/mol. The Morgan fingerprint density at radius 3 is 2.12 bits per heavy atom. The van der Waals surface area contributed by atoms with Gasteiger partial charge in [0.1, 0.15) is 5.75 Å². The lowest BCUT2D eigenvalue weighted by molar-refractivity contribution is 0.204. The molecule has 5 nitrogen and oxygen atoms in total. The van der Waals surface area contributed by atoms with Crippen molar-refractivity contribution in [1.82, 2.24) is 4.31 Å². The molecule has 0 aliphatic carbocycles. The number of hydrogen-bond acceptors (Lipinski definition) is 4. The molecule has 0 saturated heterocycles. The zero-order valence-electron chi connectivity index (χ0n) is 14.4. The lowest BCUT2D eigenvalue weighted by Gasteiger charge is -2.27. The van der Waals surface area contributed by atoms with E-state index in [1.165, 1.54) is 11.4 Å². The van der Waals surface area contributed by atoms with Crippen LogP contribution in [0.5, 0.6) is 5.75 Å². The van der Waals surface area contributed by atoms with Crippen molar-refractivity contribution in [3.8, 4) is 5.75 Å². The lowest BCUT2D eigenvalue weighted by Crippen LogP contribution is -2.34. The van der Waals surface area contributed by atoms with Gasteiger partial charge in [0, 0.05) is 7.05 Å². The molecule has 1 atom stereocenters. The van der Waals surface area contributed by atoms with Gasteiger partial charge in [-0.15, -0.1) is 0 Å². The minimum Gasteiger partial charge on any atom is -0.497 e. The Morgan fingerprint density at radius 2 is 1.67 bits per heavy atom. The smallest absolute Gasteiger partial charge is 0.243 e. The van der Waals surface area contributed by atoms with Crippen LogP contribution in [0.15, 0.2) is 47.4 Å². The first-order chi connectivity index (χ1) is 11.3. The van der Waals surface area contributed by atoms with E-state index in [1.54, 1.807) is 45.2 Å². The maximum Gasteiger partial charge on any atom is 0.243 e. The molecule has 130 valence electrons. The number of hydrogen-bond donors (Lipinski definition) is 1. The molecule has 0 radical (unpaired) electrons. The number of methoxy groups -OCH3 is 1. The number of likely N-dealkylation sites (N-methyl/N-ethyl adjacent to an activating group) is 1. The summed E-state index contributed by atoms with van der Waals surface area (Å²) >= 11 is 0. The van der Waals surface area contributed by atoms with E-state index in [1.807, 2.05) is 18.2 Å². The summed E-state index contributed by atoms with van der Waals surface area (Å²) in [6.45, 7) is 3.19. The Bertz CT molecular complexity index is 780. The number of nitrogens with zero attached hydrogens (tertiary/aromatic N) is 1. The largest absolute Gasteiger partial charge is 0.497 e. The highest BCUT2D eigenvalue weighted by Crippen LogP contribution is 2.31. The van der Waals surface area contributed by atoms with Crippen molar-refractivity contribution in [3.05, 3.63) is 59.2 Å². The molecule has 2 aromatic carbocycles. The molecule has 0 aromatic heterocycles. The van der Waals surface area contributed by atoms with Crippen LogP contribution < -0.4 is 4.74 Å². The molecule has 2 rings (SSSR count). The number of benzene rings is 2. The second-order valence-electron chi connectivity index (χ2n) is 5.72. The molecule has 0 aliphatic heterocycles. The first-order valence-corrected chi connectivity index (χ1v) is 9.06. The molecule has 24 heavy (non-hydrogen) atoms. The van der Waals surface area contributed by atoms with Gasteiger partial charge in [-0.3, -0.25) is 0 Å². The Morgan fingerprint density at radius 1 is 1.12 bits per heavy atom. The van der Waals surface area contributed by atoms with E-state index in [0.717, 1.165) is 5.56 Å². The highest BCUT2D eigenvalue weighted by Gasteiger charge is 2.31. The molecule has 0 spiro atoms. The zero-order chi connectivity index (χ0) is 17.9. The standard InChI is InChI=1S/C18H23NO4S/c1-13-10-16(23-4)11-14(2)18(13)24(21,22)19(3)17(12-20)15-8-6-5-7-9-15/h5-11,17,20H,12H2,1-4H3. The fourth-order valence-electron chi connectivity index (χ4n) is 2.85. The van der Waals surface area contributed by atoms with Crippen LogP contribution in [-0.4, -0.2) is 38.6 Å². The third-order valence-corrected chi connectivity index (χ3v) is 6.28. The minimum atomic E-state index is -3.77. The second kappa shape index (κ2) is 7.34. The van der Waals surface area contributed by atoms with E-state index in [4.69, 9.17) is 4.74 Å². The van der Waals surface area contributed by atoms with Crippen LogP contribution in [0.4, 0.5) is 0 Å². The summed E-state index contributed by atoms with van der Waals surface area (Å²) in [5.41, 5.74) is 1.97. The Hall–Kier alpha value is -1.89. The van der Waals surface area contributed by atoms with Gasteiger partial charge in [0.05, 0.1) is 24.7 Å². The van der Waals surface area contributed by atoms with Crippen molar-refractivity contribution in [2.75, 3.05) is 20.8 Å². The zero-order valence-corrected chi connectivity index (χ0v) is 15.2. The van der Waals surface area contributed by atoms with Crippen LogP contribution in [-0.2, 0) is 10.0 Å². The van der Waals surface area contributed by atoms with Gasteiger partial charge in [-0.25, -0.2) is 8.42 Å². The number of aliphatic hydroxyl groups is 1. The van der Waals surface area contributed by atoms with E-state index in [-0.39, 0.29) is 11.5 Å². The number of rotatable bonds is 6. The summed E-state index contributed by atoms with van der Waals surface area (Å²) in [6, 6.07) is 11.9. The van der Waals surface area contributed by atoms with Gasteiger partial charge in [-0.05, 0) is 42.7 Å². The second-order valence-corrected chi connectivity index (χ2v) is 7.65. The van der Waals surface area contributed by atoms with Crippen molar-refractivity contribution in [1.29, 1.82) is 0 Å². The van der Waals surface area contributed by atoms with Gasteiger partial charge in [0.2, 0.25) is 10.0 Å². The molecular formula is C18H23NO4S. The molecule has 0 saturated carbocycles. The topological polar surface area (TPSA) is 66.8 Å². The van der Waals surface area contributed by atoms with Gasteiger partial charge < -0.3 is 9.84 Å². The van der Waals surface area contributed by atoms with Crippen molar-refractivity contribution >= 4 is 10.0 Å².